The number of piperidine rings is 1. The third-order valence-corrected chi connectivity index (χ3v) is 5.41. The number of carbonyl (C=O) groups excluding carboxylic acids is 1. The van der Waals surface area contributed by atoms with Gasteiger partial charge in [0.05, 0.1) is 13.2 Å². The van der Waals surface area contributed by atoms with Gasteiger partial charge in [-0.25, -0.2) is 0 Å². The summed E-state index contributed by atoms with van der Waals surface area (Å²) >= 11 is 0. The van der Waals surface area contributed by atoms with Crippen molar-refractivity contribution in [2.45, 2.75) is 12.8 Å². The van der Waals surface area contributed by atoms with E-state index in [0.717, 1.165) is 64.3 Å². The summed E-state index contributed by atoms with van der Waals surface area (Å²) in [5.74, 6) is 0.805. The molecule has 0 radical (unpaired) electrons. The van der Waals surface area contributed by atoms with E-state index in [9.17, 15) is 4.79 Å². The summed E-state index contributed by atoms with van der Waals surface area (Å²) in [5, 5.41) is 7.17. The molecule has 2 aromatic rings. The van der Waals surface area contributed by atoms with Gasteiger partial charge >= 0.3 is 6.01 Å². The summed E-state index contributed by atoms with van der Waals surface area (Å²) in [6.45, 7) is 6.55. The number of anilines is 1. The van der Waals surface area contributed by atoms with Gasteiger partial charge in [0, 0.05) is 50.7 Å². The third-order valence-electron chi connectivity index (χ3n) is 5.41. The molecular formula is C20H27N5O3. The van der Waals surface area contributed by atoms with Crippen molar-refractivity contribution >= 4 is 11.9 Å². The fraction of sp³-hybridized carbons (Fsp3) is 0.550. The van der Waals surface area contributed by atoms with Crippen molar-refractivity contribution in [3.8, 4) is 11.4 Å². The highest BCUT2D eigenvalue weighted by atomic mass is 16.5. The predicted octanol–water partition coefficient (Wildman–Crippen LogP) is 1.40. The normalized spacial score (nSPS) is 18.9. The second-order valence-electron chi connectivity index (χ2n) is 7.27. The van der Waals surface area contributed by atoms with Gasteiger partial charge in [-0.3, -0.25) is 9.69 Å². The van der Waals surface area contributed by atoms with Crippen LogP contribution in [0.25, 0.3) is 11.4 Å². The molecule has 4 rings (SSSR count). The predicted molar refractivity (Wildman–Crippen MR) is 105 cm³/mol. The van der Waals surface area contributed by atoms with E-state index in [2.05, 4.69) is 25.3 Å². The Morgan fingerprint density at radius 2 is 1.86 bits per heavy atom. The SMILES string of the molecule is O=C(NCCN1CCOCC1)C1CCN(c2nc(-c3ccccc3)no2)CC1. The third kappa shape index (κ3) is 4.69. The number of amides is 1. The molecule has 3 heterocycles. The molecule has 0 spiro atoms. The summed E-state index contributed by atoms with van der Waals surface area (Å²) in [4.78, 5) is 21.3. The monoisotopic (exact) mass is 385 g/mol. The second-order valence-corrected chi connectivity index (χ2v) is 7.27. The van der Waals surface area contributed by atoms with Crippen LogP contribution in [0.2, 0.25) is 0 Å². The van der Waals surface area contributed by atoms with Crippen LogP contribution in [-0.2, 0) is 9.53 Å². The van der Waals surface area contributed by atoms with Gasteiger partial charge in [-0.05, 0) is 12.8 Å². The second kappa shape index (κ2) is 9.16. The first-order valence-corrected chi connectivity index (χ1v) is 10.0. The van der Waals surface area contributed by atoms with E-state index in [1.54, 1.807) is 0 Å². The Balaban J connectivity index is 1.22. The fourth-order valence-electron chi connectivity index (χ4n) is 3.69. The van der Waals surface area contributed by atoms with E-state index in [1.807, 2.05) is 30.3 Å². The van der Waals surface area contributed by atoms with E-state index < -0.39 is 0 Å². The molecule has 1 amide bonds. The zero-order valence-electron chi connectivity index (χ0n) is 16.0. The number of nitrogens with one attached hydrogen (secondary N) is 1. The van der Waals surface area contributed by atoms with Crippen LogP contribution in [0, 0.1) is 5.92 Å². The van der Waals surface area contributed by atoms with Gasteiger partial charge in [-0.15, -0.1) is 0 Å². The number of morpholine rings is 1. The van der Waals surface area contributed by atoms with Crippen LogP contribution in [-0.4, -0.2) is 73.4 Å². The average Bonchev–Trinajstić information content (AvgIpc) is 3.25. The number of hydrogen-bond donors (Lipinski definition) is 1. The van der Waals surface area contributed by atoms with Gasteiger partial charge in [-0.2, -0.15) is 4.98 Å². The van der Waals surface area contributed by atoms with E-state index >= 15 is 0 Å². The van der Waals surface area contributed by atoms with Gasteiger partial charge in [-0.1, -0.05) is 35.5 Å². The number of aromatic nitrogens is 2. The molecule has 0 unspecified atom stereocenters. The summed E-state index contributed by atoms with van der Waals surface area (Å²) < 4.78 is 10.8. The summed E-state index contributed by atoms with van der Waals surface area (Å²) in [7, 11) is 0. The molecule has 1 aromatic carbocycles. The van der Waals surface area contributed by atoms with Crippen molar-refractivity contribution in [1.29, 1.82) is 0 Å². The van der Waals surface area contributed by atoms with Crippen LogP contribution in [0.4, 0.5) is 6.01 Å². The van der Waals surface area contributed by atoms with Gasteiger partial charge in [0.15, 0.2) is 0 Å². The molecular weight excluding hydrogens is 358 g/mol. The van der Waals surface area contributed by atoms with E-state index in [-0.39, 0.29) is 11.8 Å². The van der Waals surface area contributed by atoms with Crippen LogP contribution >= 0.6 is 0 Å². The quantitative estimate of drug-likeness (QED) is 0.805. The minimum atomic E-state index is 0.0532. The minimum Gasteiger partial charge on any atom is -0.379 e. The first kappa shape index (κ1) is 18.9. The summed E-state index contributed by atoms with van der Waals surface area (Å²) in [6.07, 6.45) is 1.60. The molecule has 28 heavy (non-hydrogen) atoms. The minimum absolute atomic E-state index is 0.0532. The molecule has 0 saturated carbocycles. The maximum atomic E-state index is 12.4. The van der Waals surface area contributed by atoms with Crippen LogP contribution in [0.3, 0.4) is 0 Å². The molecule has 1 aromatic heterocycles. The van der Waals surface area contributed by atoms with E-state index in [1.165, 1.54) is 0 Å². The molecule has 8 heteroatoms. The maximum absolute atomic E-state index is 12.4. The smallest absolute Gasteiger partial charge is 0.324 e. The Morgan fingerprint density at radius 1 is 1.11 bits per heavy atom. The number of nitrogens with zero attached hydrogens (tertiary/aromatic N) is 4. The van der Waals surface area contributed by atoms with Gasteiger partial charge in [0.2, 0.25) is 11.7 Å². The average molecular weight is 385 g/mol. The lowest BCUT2D eigenvalue weighted by atomic mass is 9.96. The zero-order valence-corrected chi connectivity index (χ0v) is 16.0. The Hall–Kier alpha value is -2.45. The number of ether oxygens (including phenoxy) is 1. The highest BCUT2D eigenvalue weighted by molar-refractivity contribution is 5.78. The van der Waals surface area contributed by atoms with Crippen LogP contribution in [0.15, 0.2) is 34.9 Å². The molecule has 0 atom stereocenters. The first-order valence-electron chi connectivity index (χ1n) is 10.0. The largest absolute Gasteiger partial charge is 0.379 e. The molecule has 150 valence electrons. The highest BCUT2D eigenvalue weighted by Crippen LogP contribution is 2.24. The number of carbonyl (C=O) groups is 1. The van der Waals surface area contributed by atoms with Crippen molar-refractivity contribution in [2.24, 2.45) is 5.92 Å². The summed E-state index contributed by atoms with van der Waals surface area (Å²) in [6, 6.07) is 10.3. The number of hydrogen-bond acceptors (Lipinski definition) is 7. The molecule has 0 aliphatic carbocycles. The molecule has 2 saturated heterocycles. The Kier molecular flexibility index (Phi) is 6.18. The molecule has 1 N–H and O–H groups in total. The Morgan fingerprint density at radius 3 is 2.61 bits per heavy atom. The molecule has 0 bridgehead atoms. The lowest BCUT2D eigenvalue weighted by Crippen LogP contribution is -2.44. The first-order chi connectivity index (χ1) is 13.8. The van der Waals surface area contributed by atoms with E-state index in [0.29, 0.717) is 18.4 Å². The molecule has 2 aliphatic heterocycles. The van der Waals surface area contributed by atoms with Crippen molar-refractivity contribution in [1.82, 2.24) is 20.4 Å². The highest BCUT2D eigenvalue weighted by Gasteiger charge is 2.27. The van der Waals surface area contributed by atoms with Gasteiger partial charge in [0.1, 0.15) is 0 Å². The number of rotatable bonds is 6. The molecule has 2 fully saturated rings. The molecule has 2 aliphatic rings. The zero-order chi connectivity index (χ0) is 19.2. The fourth-order valence-corrected chi connectivity index (χ4v) is 3.69. The van der Waals surface area contributed by atoms with Crippen LogP contribution in [0.1, 0.15) is 12.8 Å². The van der Waals surface area contributed by atoms with E-state index in [4.69, 9.17) is 9.26 Å². The summed E-state index contributed by atoms with van der Waals surface area (Å²) in [5.41, 5.74) is 0.937. The Bertz CT molecular complexity index is 752. The Labute approximate surface area is 164 Å². The van der Waals surface area contributed by atoms with Crippen molar-refractivity contribution in [3.63, 3.8) is 0 Å². The van der Waals surface area contributed by atoms with Crippen molar-refractivity contribution in [3.05, 3.63) is 30.3 Å². The van der Waals surface area contributed by atoms with Crippen LogP contribution < -0.4 is 10.2 Å². The topological polar surface area (TPSA) is 83.7 Å². The van der Waals surface area contributed by atoms with Crippen LogP contribution in [0.5, 0.6) is 0 Å². The van der Waals surface area contributed by atoms with Gasteiger partial charge in [0.25, 0.3) is 0 Å². The number of benzene rings is 1. The lowest BCUT2D eigenvalue weighted by molar-refractivity contribution is -0.125. The van der Waals surface area contributed by atoms with Crippen molar-refractivity contribution in [2.75, 3.05) is 57.4 Å². The van der Waals surface area contributed by atoms with Gasteiger partial charge < -0.3 is 19.5 Å². The molecule has 8 nitrogen and oxygen atoms in total. The lowest BCUT2D eigenvalue weighted by Gasteiger charge is -2.30. The standard InChI is InChI=1S/C20H27N5O3/c26-19(21-8-11-24-12-14-27-15-13-24)17-6-9-25(10-7-17)20-22-18(23-28-20)16-4-2-1-3-5-16/h1-5,17H,6-15H2,(H,21,26). The van der Waals surface area contributed by atoms with Crippen molar-refractivity contribution < 1.29 is 14.1 Å². The maximum Gasteiger partial charge on any atom is 0.324 e.